The largest absolute Gasteiger partial charge is 0.435 e. The number of nitrogens with one attached hydrogen (secondary N) is 1. The van der Waals surface area contributed by atoms with Gasteiger partial charge in [0.15, 0.2) is 5.58 Å². The van der Waals surface area contributed by atoms with Crippen molar-refractivity contribution in [1.82, 2.24) is 19.8 Å². The fourth-order valence-corrected chi connectivity index (χ4v) is 3.77. The van der Waals surface area contributed by atoms with Crippen LogP contribution in [0.5, 0.6) is 0 Å². The van der Waals surface area contributed by atoms with Crippen LogP contribution < -0.4 is 5.32 Å². The number of carbonyl (C=O) groups is 1. The molecule has 2 atom stereocenters. The van der Waals surface area contributed by atoms with E-state index in [9.17, 15) is 4.79 Å². The molecule has 0 aliphatic carbocycles. The SMILES string of the molecule is O=C(Nc1ccc2nc(-c3ccccn3)oc2c1)N1CCN2CCC1C2. The average Bonchev–Trinajstić information content (AvgIpc) is 3.26. The Morgan fingerprint density at radius 3 is 3.04 bits per heavy atom. The third kappa shape index (κ3) is 2.70. The van der Waals surface area contributed by atoms with Gasteiger partial charge in [-0.05, 0) is 30.7 Å². The highest BCUT2D eigenvalue weighted by atomic mass is 16.3. The molecule has 7 nitrogen and oxygen atoms in total. The monoisotopic (exact) mass is 349 g/mol. The lowest BCUT2D eigenvalue weighted by Gasteiger charge is -2.34. The highest BCUT2D eigenvalue weighted by Gasteiger charge is 2.35. The van der Waals surface area contributed by atoms with E-state index in [1.807, 2.05) is 41.3 Å². The molecule has 2 fully saturated rings. The molecule has 2 saturated heterocycles. The normalized spacial score (nSPS) is 21.9. The lowest BCUT2D eigenvalue weighted by molar-refractivity contribution is 0.153. The molecule has 5 rings (SSSR count). The van der Waals surface area contributed by atoms with Crippen LogP contribution in [0.25, 0.3) is 22.7 Å². The minimum atomic E-state index is -0.0413. The number of carbonyl (C=O) groups excluding carboxylic acids is 1. The number of benzene rings is 1. The number of anilines is 1. The van der Waals surface area contributed by atoms with Gasteiger partial charge in [0.25, 0.3) is 0 Å². The number of hydrogen-bond donors (Lipinski definition) is 1. The number of nitrogens with zero attached hydrogens (tertiary/aromatic N) is 4. The zero-order chi connectivity index (χ0) is 17.5. The van der Waals surface area contributed by atoms with Gasteiger partial charge in [-0.3, -0.25) is 9.88 Å². The van der Waals surface area contributed by atoms with Crippen molar-refractivity contribution >= 4 is 22.8 Å². The maximum atomic E-state index is 12.7. The van der Waals surface area contributed by atoms with Gasteiger partial charge in [0.05, 0.1) is 0 Å². The predicted octanol–water partition coefficient (Wildman–Crippen LogP) is 2.81. The molecular weight excluding hydrogens is 330 g/mol. The summed E-state index contributed by atoms with van der Waals surface area (Å²) in [4.78, 5) is 25.7. The van der Waals surface area contributed by atoms with E-state index >= 15 is 0 Å². The third-order valence-corrected chi connectivity index (χ3v) is 5.13. The summed E-state index contributed by atoms with van der Waals surface area (Å²) in [5.41, 5.74) is 2.78. The molecule has 0 saturated carbocycles. The highest BCUT2D eigenvalue weighted by molar-refractivity contribution is 5.92. The van der Waals surface area contributed by atoms with Crippen molar-refractivity contribution in [2.75, 3.05) is 31.5 Å². The second-order valence-corrected chi connectivity index (χ2v) is 6.78. The first-order valence-electron chi connectivity index (χ1n) is 8.88. The maximum absolute atomic E-state index is 12.7. The number of urea groups is 1. The van der Waals surface area contributed by atoms with E-state index in [1.54, 1.807) is 6.20 Å². The van der Waals surface area contributed by atoms with Crippen LogP contribution in [0.4, 0.5) is 10.5 Å². The van der Waals surface area contributed by atoms with Crippen molar-refractivity contribution in [3.8, 4) is 11.6 Å². The Labute approximate surface area is 150 Å². The molecule has 2 aromatic heterocycles. The molecule has 2 aliphatic rings. The summed E-state index contributed by atoms with van der Waals surface area (Å²) in [6.07, 6.45) is 2.76. The minimum absolute atomic E-state index is 0.0413. The summed E-state index contributed by atoms with van der Waals surface area (Å²) in [5, 5.41) is 3.00. The van der Waals surface area contributed by atoms with Gasteiger partial charge in [0.1, 0.15) is 11.2 Å². The summed E-state index contributed by atoms with van der Waals surface area (Å²) < 4.78 is 5.83. The van der Waals surface area contributed by atoms with Crippen molar-refractivity contribution in [1.29, 1.82) is 0 Å². The molecule has 1 N–H and O–H groups in total. The zero-order valence-corrected chi connectivity index (χ0v) is 14.3. The quantitative estimate of drug-likeness (QED) is 0.770. The van der Waals surface area contributed by atoms with Gasteiger partial charge in [0.2, 0.25) is 5.89 Å². The van der Waals surface area contributed by atoms with E-state index in [0.717, 1.165) is 38.1 Å². The predicted molar refractivity (Wildman–Crippen MR) is 97.8 cm³/mol. The van der Waals surface area contributed by atoms with Gasteiger partial charge in [-0.25, -0.2) is 9.78 Å². The molecule has 0 spiro atoms. The van der Waals surface area contributed by atoms with Gasteiger partial charge in [-0.15, -0.1) is 0 Å². The lowest BCUT2D eigenvalue weighted by Crippen LogP contribution is -2.50. The molecule has 2 amide bonds. The number of fused-ring (bicyclic) bond motifs is 3. The average molecular weight is 349 g/mol. The Hall–Kier alpha value is -2.93. The van der Waals surface area contributed by atoms with Gasteiger partial charge in [0, 0.05) is 50.2 Å². The molecule has 2 aliphatic heterocycles. The molecule has 3 aromatic rings. The highest BCUT2D eigenvalue weighted by Crippen LogP contribution is 2.26. The van der Waals surface area contributed by atoms with Crippen molar-refractivity contribution in [3.63, 3.8) is 0 Å². The van der Waals surface area contributed by atoms with Crippen LogP contribution in [0.3, 0.4) is 0 Å². The standard InChI is InChI=1S/C19H19N5O2/c25-19(24-10-9-23-8-6-14(24)12-23)21-13-4-5-15-17(11-13)26-18(22-15)16-3-1-2-7-20-16/h1-5,7,11,14H,6,8-10,12H2,(H,21,25). The zero-order valence-electron chi connectivity index (χ0n) is 14.3. The number of amides is 2. The van der Waals surface area contributed by atoms with Gasteiger partial charge in [-0.1, -0.05) is 6.07 Å². The number of oxazole rings is 1. The molecule has 4 heterocycles. The first kappa shape index (κ1) is 15.3. The smallest absolute Gasteiger partial charge is 0.322 e. The molecule has 2 unspecified atom stereocenters. The summed E-state index contributed by atoms with van der Waals surface area (Å²) in [6, 6.07) is 11.4. The van der Waals surface area contributed by atoms with Gasteiger partial charge < -0.3 is 14.6 Å². The van der Waals surface area contributed by atoms with E-state index in [0.29, 0.717) is 28.9 Å². The second-order valence-electron chi connectivity index (χ2n) is 6.78. The minimum Gasteiger partial charge on any atom is -0.435 e. The summed E-state index contributed by atoms with van der Waals surface area (Å²) >= 11 is 0. The summed E-state index contributed by atoms with van der Waals surface area (Å²) in [5.74, 6) is 0.478. The van der Waals surface area contributed by atoms with Crippen molar-refractivity contribution in [2.24, 2.45) is 0 Å². The molecule has 132 valence electrons. The molecular formula is C19H19N5O2. The number of piperazine rings is 1. The lowest BCUT2D eigenvalue weighted by atomic mass is 10.2. The van der Waals surface area contributed by atoms with E-state index in [2.05, 4.69) is 20.2 Å². The van der Waals surface area contributed by atoms with Crippen LogP contribution >= 0.6 is 0 Å². The Morgan fingerprint density at radius 1 is 1.19 bits per heavy atom. The number of hydrogen-bond acceptors (Lipinski definition) is 5. The van der Waals surface area contributed by atoms with Crippen molar-refractivity contribution < 1.29 is 9.21 Å². The fourth-order valence-electron chi connectivity index (χ4n) is 3.77. The fraction of sp³-hybridized carbons (Fsp3) is 0.316. The van der Waals surface area contributed by atoms with E-state index in [4.69, 9.17) is 4.42 Å². The van der Waals surface area contributed by atoms with Crippen LogP contribution in [0, 0.1) is 0 Å². The van der Waals surface area contributed by atoms with E-state index in [1.165, 1.54) is 0 Å². The number of aromatic nitrogens is 2. The van der Waals surface area contributed by atoms with Crippen LogP contribution in [-0.4, -0.2) is 58.0 Å². The van der Waals surface area contributed by atoms with E-state index in [-0.39, 0.29) is 6.03 Å². The van der Waals surface area contributed by atoms with E-state index < -0.39 is 0 Å². The van der Waals surface area contributed by atoms with Crippen LogP contribution in [-0.2, 0) is 0 Å². The van der Waals surface area contributed by atoms with Crippen LogP contribution in [0.15, 0.2) is 47.0 Å². The molecule has 2 bridgehead atoms. The maximum Gasteiger partial charge on any atom is 0.322 e. The number of rotatable bonds is 2. The molecule has 1 aromatic carbocycles. The first-order chi connectivity index (χ1) is 12.8. The molecule has 0 radical (unpaired) electrons. The van der Waals surface area contributed by atoms with Gasteiger partial charge in [-0.2, -0.15) is 0 Å². The topological polar surface area (TPSA) is 74.5 Å². The van der Waals surface area contributed by atoms with Gasteiger partial charge >= 0.3 is 6.03 Å². The summed E-state index contributed by atoms with van der Waals surface area (Å²) in [6.45, 7) is 3.82. The Morgan fingerprint density at radius 2 is 2.15 bits per heavy atom. The van der Waals surface area contributed by atoms with Crippen LogP contribution in [0.1, 0.15) is 6.42 Å². The summed E-state index contributed by atoms with van der Waals surface area (Å²) in [7, 11) is 0. The Balaban J connectivity index is 1.37. The Kier molecular flexibility index (Phi) is 3.60. The van der Waals surface area contributed by atoms with Crippen LogP contribution in [0.2, 0.25) is 0 Å². The first-order valence-corrected chi connectivity index (χ1v) is 8.88. The Bertz CT molecular complexity index is 955. The van der Waals surface area contributed by atoms with Crippen molar-refractivity contribution in [2.45, 2.75) is 12.5 Å². The van der Waals surface area contributed by atoms with Crippen molar-refractivity contribution in [3.05, 3.63) is 42.6 Å². The second kappa shape index (κ2) is 6.10. The third-order valence-electron chi connectivity index (χ3n) is 5.13. The number of pyridine rings is 1. The molecule has 7 heteroatoms. The molecule has 26 heavy (non-hydrogen) atoms.